The van der Waals surface area contributed by atoms with Crippen LogP contribution in [0, 0.1) is 5.92 Å². The molecule has 0 aliphatic carbocycles. The van der Waals surface area contributed by atoms with Crippen LogP contribution in [0.15, 0.2) is 12.3 Å². The fraction of sp³-hybridized carbons (Fsp3) is 0.467. The number of sulfonamides is 1. The molecular formula is C15H16ClF3N6O3S2. The molecule has 30 heavy (non-hydrogen) atoms. The number of hydrogen-bond donors (Lipinski definition) is 2. The van der Waals surface area contributed by atoms with E-state index in [9.17, 15) is 26.4 Å². The summed E-state index contributed by atoms with van der Waals surface area (Å²) in [6.07, 6.45) is -1.96. The first-order valence-corrected chi connectivity index (χ1v) is 11.6. The lowest BCUT2D eigenvalue weighted by Crippen LogP contribution is -2.38. The summed E-state index contributed by atoms with van der Waals surface area (Å²) < 4.78 is 62.8. The third-order valence-electron chi connectivity index (χ3n) is 4.24. The van der Waals surface area contributed by atoms with Crippen LogP contribution in [0.4, 0.5) is 29.3 Å². The standard InChI is InChI=1S/C15H16ClF3N6O3S2/c1-30(27,28)24-14-23-22-13(29-14)21-12(26)8-2-4-25(5-3-8)11-10(16)6-9(7-20-11)15(17,18)19/h6-8H,2-5H2,1H3,(H,23,24)(H,21,22,26). The fourth-order valence-electron chi connectivity index (χ4n) is 2.85. The Morgan fingerprint density at radius 2 is 1.90 bits per heavy atom. The highest BCUT2D eigenvalue weighted by Gasteiger charge is 2.33. The van der Waals surface area contributed by atoms with Crippen LogP contribution in [0.1, 0.15) is 18.4 Å². The third kappa shape index (κ3) is 5.70. The number of carbonyl (C=O) groups is 1. The number of aromatic nitrogens is 3. The highest BCUT2D eigenvalue weighted by Crippen LogP contribution is 2.34. The minimum Gasteiger partial charge on any atom is -0.355 e. The van der Waals surface area contributed by atoms with E-state index in [1.807, 2.05) is 0 Å². The maximum absolute atomic E-state index is 12.7. The Kier molecular flexibility index (Phi) is 6.38. The van der Waals surface area contributed by atoms with Crippen LogP contribution in [-0.2, 0) is 21.0 Å². The van der Waals surface area contributed by atoms with Crippen LogP contribution in [0.25, 0.3) is 0 Å². The minimum absolute atomic E-state index is 0.0330. The van der Waals surface area contributed by atoms with Crippen molar-refractivity contribution in [2.24, 2.45) is 5.92 Å². The van der Waals surface area contributed by atoms with Crippen molar-refractivity contribution in [3.63, 3.8) is 0 Å². The molecule has 0 aromatic carbocycles. The summed E-state index contributed by atoms with van der Waals surface area (Å²) in [5.41, 5.74) is -0.924. The van der Waals surface area contributed by atoms with Crippen LogP contribution in [0.5, 0.6) is 0 Å². The van der Waals surface area contributed by atoms with Crippen molar-refractivity contribution in [2.45, 2.75) is 19.0 Å². The van der Waals surface area contributed by atoms with E-state index >= 15 is 0 Å². The highest BCUT2D eigenvalue weighted by atomic mass is 35.5. The van der Waals surface area contributed by atoms with Gasteiger partial charge in [-0.15, -0.1) is 10.2 Å². The minimum atomic E-state index is -4.53. The number of carbonyl (C=O) groups excluding carboxylic acids is 1. The molecule has 0 atom stereocenters. The topological polar surface area (TPSA) is 117 Å². The molecule has 164 valence electrons. The zero-order valence-corrected chi connectivity index (χ0v) is 17.8. The molecule has 0 bridgehead atoms. The molecule has 0 spiro atoms. The van der Waals surface area contributed by atoms with E-state index in [0.29, 0.717) is 25.9 Å². The largest absolute Gasteiger partial charge is 0.417 e. The fourth-order valence-corrected chi connectivity index (χ4v) is 4.62. The van der Waals surface area contributed by atoms with E-state index in [2.05, 4.69) is 25.2 Å². The average Bonchev–Trinajstić information content (AvgIpc) is 3.06. The van der Waals surface area contributed by atoms with Gasteiger partial charge in [0.25, 0.3) is 0 Å². The summed E-state index contributed by atoms with van der Waals surface area (Å²) in [6.45, 7) is 0.764. The van der Waals surface area contributed by atoms with Gasteiger partial charge in [-0.05, 0) is 18.9 Å². The molecule has 1 amide bonds. The molecule has 1 fully saturated rings. The van der Waals surface area contributed by atoms with E-state index in [-0.39, 0.29) is 32.9 Å². The maximum Gasteiger partial charge on any atom is 0.417 e. The maximum atomic E-state index is 12.7. The van der Waals surface area contributed by atoms with Crippen LogP contribution in [0.2, 0.25) is 5.02 Å². The molecule has 3 heterocycles. The number of pyridine rings is 1. The average molecular weight is 485 g/mol. The SMILES string of the molecule is CS(=O)(=O)Nc1nnc(NC(=O)C2CCN(c3ncc(C(F)(F)F)cc3Cl)CC2)s1. The third-order valence-corrected chi connectivity index (χ3v) is 5.97. The van der Waals surface area contributed by atoms with Crippen molar-refractivity contribution in [1.29, 1.82) is 0 Å². The lowest BCUT2D eigenvalue weighted by Gasteiger charge is -2.32. The molecule has 0 unspecified atom stereocenters. The van der Waals surface area contributed by atoms with Gasteiger partial charge in [0.2, 0.25) is 26.2 Å². The Morgan fingerprint density at radius 3 is 2.47 bits per heavy atom. The number of alkyl halides is 3. The number of halogens is 4. The molecule has 1 aliphatic heterocycles. The van der Waals surface area contributed by atoms with Gasteiger partial charge >= 0.3 is 6.18 Å². The van der Waals surface area contributed by atoms with Crippen molar-refractivity contribution in [3.05, 3.63) is 22.8 Å². The highest BCUT2D eigenvalue weighted by molar-refractivity contribution is 7.92. The lowest BCUT2D eigenvalue weighted by molar-refractivity contribution is -0.137. The van der Waals surface area contributed by atoms with Crippen LogP contribution in [0.3, 0.4) is 0 Å². The van der Waals surface area contributed by atoms with E-state index in [1.165, 1.54) is 0 Å². The Labute approximate surface area is 178 Å². The van der Waals surface area contributed by atoms with E-state index in [0.717, 1.165) is 29.9 Å². The molecule has 0 saturated carbocycles. The molecule has 9 nitrogen and oxygen atoms in total. The van der Waals surface area contributed by atoms with E-state index in [4.69, 9.17) is 11.6 Å². The Balaban J connectivity index is 1.57. The summed E-state index contributed by atoms with van der Waals surface area (Å²) >= 11 is 6.86. The Bertz CT molecular complexity index is 1040. The second-order valence-corrected chi connectivity index (χ2v) is 9.70. The number of amides is 1. The normalized spacial score (nSPS) is 15.8. The smallest absolute Gasteiger partial charge is 0.355 e. The van der Waals surface area contributed by atoms with E-state index in [1.54, 1.807) is 4.90 Å². The van der Waals surface area contributed by atoms with Gasteiger partial charge in [0.05, 0.1) is 16.8 Å². The first-order chi connectivity index (χ1) is 13.9. The summed E-state index contributed by atoms with van der Waals surface area (Å²) in [6, 6.07) is 0.834. The molecule has 2 N–H and O–H groups in total. The van der Waals surface area contributed by atoms with Gasteiger partial charge in [-0.1, -0.05) is 22.9 Å². The van der Waals surface area contributed by atoms with Crippen molar-refractivity contribution < 1.29 is 26.4 Å². The monoisotopic (exact) mass is 484 g/mol. The second-order valence-electron chi connectivity index (χ2n) is 6.56. The summed E-state index contributed by atoms with van der Waals surface area (Å²) in [4.78, 5) is 18.0. The summed E-state index contributed by atoms with van der Waals surface area (Å²) in [7, 11) is -3.50. The second kappa shape index (κ2) is 8.51. The van der Waals surface area contributed by atoms with Crippen molar-refractivity contribution in [1.82, 2.24) is 15.2 Å². The van der Waals surface area contributed by atoms with Crippen LogP contribution >= 0.6 is 22.9 Å². The van der Waals surface area contributed by atoms with Crippen molar-refractivity contribution in [2.75, 3.05) is 34.3 Å². The lowest BCUT2D eigenvalue weighted by atomic mass is 9.96. The first kappa shape index (κ1) is 22.5. The van der Waals surface area contributed by atoms with E-state index < -0.39 is 21.8 Å². The molecule has 0 radical (unpaired) electrons. The summed E-state index contributed by atoms with van der Waals surface area (Å²) in [5.74, 6) is -0.419. The number of hydrogen-bond acceptors (Lipinski definition) is 8. The predicted octanol–water partition coefficient (Wildman–Crippen LogP) is 2.83. The number of anilines is 3. The number of nitrogens with one attached hydrogen (secondary N) is 2. The van der Waals surface area contributed by atoms with Gasteiger partial charge in [-0.25, -0.2) is 13.4 Å². The molecule has 15 heteroatoms. The van der Waals surface area contributed by atoms with Gasteiger partial charge in [0, 0.05) is 25.2 Å². The molecule has 3 rings (SSSR count). The van der Waals surface area contributed by atoms with Crippen molar-refractivity contribution >= 4 is 54.9 Å². The van der Waals surface area contributed by atoms with Gasteiger partial charge in [0.1, 0.15) is 5.82 Å². The van der Waals surface area contributed by atoms with Crippen LogP contribution in [-0.4, -0.2) is 48.9 Å². The molecule has 1 saturated heterocycles. The predicted molar refractivity (Wildman–Crippen MR) is 106 cm³/mol. The Morgan fingerprint density at radius 1 is 1.27 bits per heavy atom. The number of rotatable bonds is 5. The van der Waals surface area contributed by atoms with Gasteiger partial charge in [0.15, 0.2) is 0 Å². The number of nitrogens with zero attached hydrogens (tertiary/aromatic N) is 4. The quantitative estimate of drug-likeness (QED) is 0.670. The molecule has 2 aromatic heterocycles. The van der Waals surface area contributed by atoms with Crippen LogP contribution < -0.4 is 14.9 Å². The molecular weight excluding hydrogens is 469 g/mol. The zero-order chi connectivity index (χ0) is 22.1. The molecule has 2 aromatic rings. The van der Waals surface area contributed by atoms with Gasteiger partial charge < -0.3 is 10.2 Å². The van der Waals surface area contributed by atoms with Crippen molar-refractivity contribution in [3.8, 4) is 0 Å². The summed E-state index contributed by atoms with van der Waals surface area (Å²) in [5, 5.41) is 10.0. The van der Waals surface area contributed by atoms with Gasteiger partial charge in [-0.3, -0.25) is 9.52 Å². The Hall–Kier alpha value is -2.19. The molecule has 1 aliphatic rings. The van der Waals surface area contributed by atoms with Gasteiger partial charge in [-0.2, -0.15) is 13.2 Å². The zero-order valence-electron chi connectivity index (χ0n) is 15.4. The first-order valence-electron chi connectivity index (χ1n) is 8.52. The number of piperidine rings is 1.